The molecule has 0 N–H and O–H groups in total. The minimum atomic E-state index is -1.21. The number of benzene rings is 2. The molecule has 0 amide bonds. The van der Waals surface area contributed by atoms with Crippen LogP contribution in [0, 0.1) is 0 Å². The molecule has 0 aromatic heterocycles. The number of carboxylic acid groups (broad SMARTS) is 1. The van der Waals surface area contributed by atoms with Gasteiger partial charge in [-0.1, -0.05) is 48.5 Å². The van der Waals surface area contributed by atoms with E-state index in [1.54, 1.807) is 42.5 Å². The van der Waals surface area contributed by atoms with Gasteiger partial charge in [-0.25, -0.2) is 0 Å². The summed E-state index contributed by atoms with van der Waals surface area (Å²) >= 11 is 0. The summed E-state index contributed by atoms with van der Waals surface area (Å²) in [5.41, 5.74) is 2.09. The van der Waals surface area contributed by atoms with E-state index in [2.05, 4.69) is 0 Å². The van der Waals surface area contributed by atoms with E-state index in [0.717, 1.165) is 5.56 Å². The van der Waals surface area contributed by atoms with Gasteiger partial charge in [-0.3, -0.25) is 4.79 Å². The van der Waals surface area contributed by atoms with E-state index < -0.39 is 5.97 Å². The number of aromatic carboxylic acids is 1. The summed E-state index contributed by atoms with van der Waals surface area (Å²) in [6.07, 6.45) is 0. The van der Waals surface area contributed by atoms with Crippen LogP contribution in [0.1, 0.15) is 27.6 Å². The molecular formula is C15H11O3-. The van der Waals surface area contributed by atoms with Crippen molar-refractivity contribution in [1.82, 2.24) is 0 Å². The van der Waals surface area contributed by atoms with Gasteiger partial charge in [0.05, 0.1) is 5.97 Å². The largest absolute Gasteiger partial charge is 0.545 e. The highest BCUT2D eigenvalue weighted by atomic mass is 16.4. The molecule has 2 aromatic carbocycles. The number of rotatable bonds is 3. The Kier molecular flexibility index (Phi) is 3.24. The summed E-state index contributed by atoms with van der Waals surface area (Å²) in [7, 11) is 0. The summed E-state index contributed by atoms with van der Waals surface area (Å²) in [6.45, 7) is 1.49. The smallest absolute Gasteiger partial charge is 0.159 e. The first-order valence-electron chi connectivity index (χ1n) is 5.51. The lowest BCUT2D eigenvalue weighted by molar-refractivity contribution is -0.254. The van der Waals surface area contributed by atoms with Crippen molar-refractivity contribution < 1.29 is 14.7 Å². The van der Waals surface area contributed by atoms with Crippen LogP contribution in [0.2, 0.25) is 0 Å². The first kappa shape index (κ1) is 12.0. The molecule has 2 rings (SSSR count). The predicted molar refractivity (Wildman–Crippen MR) is 66.2 cm³/mol. The SMILES string of the molecule is CC(=O)c1ccc(-c2ccccc2C(=O)[O-])cc1. The van der Waals surface area contributed by atoms with Crippen molar-refractivity contribution in [2.45, 2.75) is 6.92 Å². The Morgan fingerprint density at radius 2 is 1.56 bits per heavy atom. The quantitative estimate of drug-likeness (QED) is 0.769. The molecule has 0 radical (unpaired) electrons. The van der Waals surface area contributed by atoms with E-state index in [1.165, 1.54) is 13.0 Å². The molecule has 3 nitrogen and oxygen atoms in total. The molecule has 0 saturated carbocycles. The first-order chi connectivity index (χ1) is 8.59. The van der Waals surface area contributed by atoms with Crippen molar-refractivity contribution in [1.29, 1.82) is 0 Å². The van der Waals surface area contributed by atoms with Crippen molar-refractivity contribution in [3.8, 4) is 11.1 Å². The van der Waals surface area contributed by atoms with E-state index in [-0.39, 0.29) is 11.3 Å². The lowest BCUT2D eigenvalue weighted by atomic mass is 9.98. The maximum atomic E-state index is 11.2. The van der Waals surface area contributed by atoms with Gasteiger partial charge in [0.15, 0.2) is 5.78 Å². The van der Waals surface area contributed by atoms with Gasteiger partial charge in [0.2, 0.25) is 0 Å². The van der Waals surface area contributed by atoms with Gasteiger partial charge >= 0.3 is 0 Å². The van der Waals surface area contributed by atoms with Crippen molar-refractivity contribution in [2.75, 3.05) is 0 Å². The highest BCUT2D eigenvalue weighted by Crippen LogP contribution is 2.23. The van der Waals surface area contributed by atoms with Gasteiger partial charge < -0.3 is 9.90 Å². The number of ketones is 1. The first-order valence-corrected chi connectivity index (χ1v) is 5.51. The molecule has 90 valence electrons. The van der Waals surface area contributed by atoms with Gasteiger partial charge in [0, 0.05) is 11.1 Å². The standard InChI is InChI=1S/C15H12O3/c1-10(16)11-6-8-12(9-7-11)13-4-2-3-5-14(13)15(17)18/h2-9H,1H3,(H,17,18)/p-1. The maximum absolute atomic E-state index is 11.2. The normalized spacial score (nSPS) is 10.1. The fourth-order valence-electron chi connectivity index (χ4n) is 1.80. The third kappa shape index (κ3) is 2.30. The topological polar surface area (TPSA) is 57.2 Å². The second-order valence-corrected chi connectivity index (χ2v) is 3.97. The van der Waals surface area contributed by atoms with Crippen molar-refractivity contribution >= 4 is 11.8 Å². The number of Topliss-reactive ketones (excluding diaryl/α,β-unsaturated/α-hetero) is 1. The average molecular weight is 239 g/mol. The number of carbonyl (C=O) groups is 2. The summed E-state index contributed by atoms with van der Waals surface area (Å²) in [5, 5.41) is 11.0. The number of carboxylic acids is 1. The number of carbonyl (C=O) groups excluding carboxylic acids is 2. The van der Waals surface area contributed by atoms with Gasteiger partial charge in [-0.15, -0.1) is 0 Å². The summed E-state index contributed by atoms with van der Waals surface area (Å²) in [6, 6.07) is 13.5. The van der Waals surface area contributed by atoms with Crippen LogP contribution in [0.5, 0.6) is 0 Å². The maximum Gasteiger partial charge on any atom is 0.159 e. The lowest BCUT2D eigenvalue weighted by Crippen LogP contribution is -2.22. The minimum absolute atomic E-state index is 0.0188. The molecule has 0 bridgehead atoms. The Hall–Kier alpha value is -2.42. The molecule has 0 saturated heterocycles. The van der Waals surface area contributed by atoms with Gasteiger partial charge in [-0.2, -0.15) is 0 Å². The zero-order valence-corrected chi connectivity index (χ0v) is 9.84. The van der Waals surface area contributed by atoms with Gasteiger partial charge in [0.1, 0.15) is 0 Å². The monoisotopic (exact) mass is 239 g/mol. The number of hydrogen-bond acceptors (Lipinski definition) is 3. The molecule has 0 unspecified atom stereocenters. The van der Waals surface area contributed by atoms with E-state index in [9.17, 15) is 14.7 Å². The fraction of sp³-hybridized carbons (Fsp3) is 0.0667. The van der Waals surface area contributed by atoms with Gasteiger partial charge in [0.25, 0.3) is 0 Å². The molecule has 0 heterocycles. The van der Waals surface area contributed by atoms with Crippen LogP contribution in [0.25, 0.3) is 11.1 Å². The Bertz CT molecular complexity index is 597. The summed E-state index contributed by atoms with van der Waals surface area (Å²) in [4.78, 5) is 22.2. The molecule has 18 heavy (non-hydrogen) atoms. The second kappa shape index (κ2) is 4.84. The van der Waals surface area contributed by atoms with Crippen LogP contribution in [0.3, 0.4) is 0 Å². The van der Waals surface area contributed by atoms with Crippen molar-refractivity contribution in [3.63, 3.8) is 0 Å². The van der Waals surface area contributed by atoms with E-state index in [1.807, 2.05) is 0 Å². The average Bonchev–Trinajstić information content (AvgIpc) is 2.39. The molecule has 0 aliphatic heterocycles. The Labute approximate surface area is 105 Å². The van der Waals surface area contributed by atoms with Crippen LogP contribution in [0.4, 0.5) is 0 Å². The van der Waals surface area contributed by atoms with Crippen LogP contribution in [-0.4, -0.2) is 11.8 Å². The molecule has 0 atom stereocenters. The highest BCUT2D eigenvalue weighted by Gasteiger charge is 2.06. The molecule has 0 fully saturated rings. The van der Waals surface area contributed by atoms with E-state index in [4.69, 9.17) is 0 Å². The van der Waals surface area contributed by atoms with E-state index in [0.29, 0.717) is 11.1 Å². The molecule has 0 spiro atoms. The zero-order valence-electron chi connectivity index (χ0n) is 9.84. The van der Waals surface area contributed by atoms with E-state index >= 15 is 0 Å². The van der Waals surface area contributed by atoms with Crippen molar-refractivity contribution in [3.05, 3.63) is 59.7 Å². The second-order valence-electron chi connectivity index (χ2n) is 3.97. The summed E-state index contributed by atoms with van der Waals surface area (Å²) in [5.74, 6) is -1.23. The van der Waals surface area contributed by atoms with Crippen molar-refractivity contribution in [2.24, 2.45) is 0 Å². The summed E-state index contributed by atoms with van der Waals surface area (Å²) < 4.78 is 0. The molecule has 2 aromatic rings. The highest BCUT2D eigenvalue weighted by molar-refractivity contribution is 5.96. The Morgan fingerprint density at radius 3 is 2.11 bits per heavy atom. The van der Waals surface area contributed by atoms with Crippen LogP contribution in [-0.2, 0) is 0 Å². The van der Waals surface area contributed by atoms with Crippen LogP contribution < -0.4 is 5.11 Å². The predicted octanol–water partition coefficient (Wildman–Crippen LogP) is 1.92. The molecule has 3 heteroatoms. The van der Waals surface area contributed by atoms with Gasteiger partial charge in [-0.05, 0) is 18.1 Å². The number of hydrogen-bond donors (Lipinski definition) is 0. The van der Waals surface area contributed by atoms with Crippen LogP contribution in [0.15, 0.2) is 48.5 Å². The fourth-order valence-corrected chi connectivity index (χ4v) is 1.80. The third-order valence-corrected chi connectivity index (χ3v) is 2.75. The molecule has 0 aliphatic rings. The Morgan fingerprint density at radius 1 is 0.944 bits per heavy atom. The molecule has 0 aliphatic carbocycles. The zero-order chi connectivity index (χ0) is 13.1. The lowest BCUT2D eigenvalue weighted by Gasteiger charge is -2.10. The Balaban J connectivity index is 2.49. The minimum Gasteiger partial charge on any atom is -0.545 e. The third-order valence-electron chi connectivity index (χ3n) is 2.75. The van der Waals surface area contributed by atoms with Crippen LogP contribution >= 0.6 is 0 Å². The molecular weight excluding hydrogens is 228 g/mol.